The van der Waals surface area contributed by atoms with E-state index in [0.717, 1.165) is 24.2 Å². The molecule has 5 nitrogen and oxygen atoms in total. The van der Waals surface area contributed by atoms with Crippen molar-refractivity contribution in [2.45, 2.75) is 12.8 Å². The summed E-state index contributed by atoms with van der Waals surface area (Å²) in [4.78, 5) is 12.4. The minimum atomic E-state index is -0.221. The van der Waals surface area contributed by atoms with Gasteiger partial charge in [0.15, 0.2) is 0 Å². The lowest BCUT2D eigenvalue weighted by Gasteiger charge is -2.15. The van der Waals surface area contributed by atoms with E-state index in [2.05, 4.69) is 40.4 Å². The molecule has 0 aliphatic rings. The van der Waals surface area contributed by atoms with Gasteiger partial charge in [-0.05, 0) is 42.7 Å². The highest BCUT2D eigenvalue weighted by molar-refractivity contribution is 6.00. The number of amides is 1. The van der Waals surface area contributed by atoms with Crippen LogP contribution < -0.4 is 16.0 Å². The van der Waals surface area contributed by atoms with Crippen LogP contribution >= 0.6 is 0 Å². The number of benzene rings is 2. The third kappa shape index (κ3) is 5.91. The van der Waals surface area contributed by atoms with Crippen LogP contribution in [-0.4, -0.2) is 31.2 Å². The van der Waals surface area contributed by atoms with E-state index in [1.807, 2.05) is 43.5 Å². The smallest absolute Gasteiger partial charge is 0.254 e. The molecule has 0 saturated carbocycles. The lowest BCUT2D eigenvalue weighted by atomic mass is 10.1. The van der Waals surface area contributed by atoms with E-state index in [1.54, 1.807) is 6.07 Å². The van der Waals surface area contributed by atoms with Crippen molar-refractivity contribution in [3.8, 4) is 11.8 Å². The zero-order chi connectivity index (χ0) is 19.5. The fourth-order valence-corrected chi connectivity index (χ4v) is 2.65. The second-order valence-corrected chi connectivity index (χ2v) is 5.81. The number of aliphatic hydroxyl groups is 1. The fraction of sp³-hybridized carbons (Fsp3) is 0.227. The summed E-state index contributed by atoms with van der Waals surface area (Å²) in [5, 5.41) is 17.9. The van der Waals surface area contributed by atoms with Crippen molar-refractivity contribution < 1.29 is 9.90 Å². The molecule has 0 aliphatic heterocycles. The number of para-hydroxylation sites is 1. The molecule has 1 amide bonds. The molecule has 0 bridgehead atoms. The molecular formula is C22H25N3O2. The van der Waals surface area contributed by atoms with E-state index in [1.165, 1.54) is 5.56 Å². The molecule has 5 heteroatoms. The van der Waals surface area contributed by atoms with E-state index in [0.29, 0.717) is 11.3 Å². The highest BCUT2D eigenvalue weighted by Gasteiger charge is 2.11. The number of anilines is 3. The molecule has 0 unspecified atom stereocenters. The zero-order valence-corrected chi connectivity index (χ0v) is 15.5. The predicted octanol–water partition coefficient (Wildman–Crippen LogP) is 3.32. The highest BCUT2D eigenvalue weighted by atomic mass is 16.2. The van der Waals surface area contributed by atoms with Crippen LogP contribution in [0.5, 0.6) is 0 Å². The minimum Gasteiger partial charge on any atom is -0.388 e. The van der Waals surface area contributed by atoms with Crippen molar-refractivity contribution in [1.29, 1.82) is 0 Å². The van der Waals surface area contributed by atoms with Crippen molar-refractivity contribution in [1.82, 2.24) is 5.32 Å². The normalized spacial score (nSPS) is 9.70. The topological polar surface area (TPSA) is 73.4 Å². The van der Waals surface area contributed by atoms with Crippen LogP contribution in [0.2, 0.25) is 0 Å². The number of aryl methyl sites for hydroxylation is 1. The summed E-state index contributed by atoms with van der Waals surface area (Å²) < 4.78 is 0. The first-order valence-electron chi connectivity index (χ1n) is 8.82. The second kappa shape index (κ2) is 10.7. The number of rotatable bonds is 8. The maximum absolute atomic E-state index is 12.4. The van der Waals surface area contributed by atoms with Crippen molar-refractivity contribution >= 4 is 23.0 Å². The molecule has 4 N–H and O–H groups in total. The zero-order valence-electron chi connectivity index (χ0n) is 15.5. The number of allylic oxidation sites excluding steroid dienone is 1. The van der Waals surface area contributed by atoms with Gasteiger partial charge in [0.2, 0.25) is 0 Å². The molecule has 0 saturated heterocycles. The number of aliphatic hydroxyl groups excluding tert-OH is 1. The van der Waals surface area contributed by atoms with E-state index >= 15 is 0 Å². The van der Waals surface area contributed by atoms with E-state index in [-0.39, 0.29) is 19.1 Å². The lowest BCUT2D eigenvalue weighted by molar-refractivity contribution is 0.0959. The molecule has 2 aromatic rings. The maximum Gasteiger partial charge on any atom is 0.254 e. The van der Waals surface area contributed by atoms with E-state index in [9.17, 15) is 4.79 Å². The van der Waals surface area contributed by atoms with Gasteiger partial charge in [-0.3, -0.25) is 4.79 Å². The lowest BCUT2D eigenvalue weighted by Crippen LogP contribution is -2.24. The van der Waals surface area contributed by atoms with Crippen molar-refractivity contribution in [2.75, 3.05) is 30.8 Å². The first kappa shape index (κ1) is 20.1. The monoisotopic (exact) mass is 363 g/mol. The van der Waals surface area contributed by atoms with Gasteiger partial charge in [0, 0.05) is 18.4 Å². The number of carbonyl (C=O) groups excluding carboxylic acids is 1. The van der Waals surface area contributed by atoms with E-state index in [4.69, 9.17) is 5.11 Å². The summed E-state index contributed by atoms with van der Waals surface area (Å²) in [6.07, 6.45) is 3.75. The van der Waals surface area contributed by atoms with Crippen LogP contribution in [0.25, 0.3) is 0 Å². The van der Waals surface area contributed by atoms with Crippen LogP contribution in [0.4, 0.5) is 17.1 Å². The Morgan fingerprint density at radius 2 is 2.00 bits per heavy atom. The van der Waals surface area contributed by atoms with Gasteiger partial charge in [-0.2, -0.15) is 0 Å². The van der Waals surface area contributed by atoms with E-state index < -0.39 is 0 Å². The van der Waals surface area contributed by atoms with Gasteiger partial charge in [-0.25, -0.2) is 0 Å². The summed E-state index contributed by atoms with van der Waals surface area (Å²) in [7, 11) is 1.89. The molecule has 0 aliphatic carbocycles. The Morgan fingerprint density at radius 3 is 2.74 bits per heavy atom. The average molecular weight is 363 g/mol. The van der Waals surface area contributed by atoms with Gasteiger partial charge >= 0.3 is 0 Å². The first-order chi connectivity index (χ1) is 13.2. The third-order valence-corrected chi connectivity index (χ3v) is 3.99. The molecule has 27 heavy (non-hydrogen) atoms. The Morgan fingerprint density at radius 1 is 1.19 bits per heavy atom. The SMILES string of the molecule is C=CCCc1ccc(Nc2ccccc2C(=O)NCC#CCO)cc1NC. The summed E-state index contributed by atoms with van der Waals surface area (Å²) in [6.45, 7) is 3.74. The van der Waals surface area contributed by atoms with Crippen LogP contribution in [-0.2, 0) is 6.42 Å². The molecule has 0 fully saturated rings. The summed E-state index contributed by atoms with van der Waals surface area (Å²) in [5.74, 6) is 4.96. The van der Waals surface area contributed by atoms with Gasteiger partial charge in [0.05, 0.1) is 17.8 Å². The van der Waals surface area contributed by atoms with Gasteiger partial charge in [-0.1, -0.05) is 36.1 Å². The fourth-order valence-electron chi connectivity index (χ4n) is 2.65. The molecule has 0 atom stereocenters. The predicted molar refractivity (Wildman–Crippen MR) is 111 cm³/mol. The molecule has 0 heterocycles. The molecule has 2 aromatic carbocycles. The third-order valence-electron chi connectivity index (χ3n) is 3.99. The largest absolute Gasteiger partial charge is 0.388 e. The molecule has 0 aromatic heterocycles. The molecule has 2 rings (SSSR count). The molecule has 140 valence electrons. The number of hydrogen-bond acceptors (Lipinski definition) is 4. The maximum atomic E-state index is 12.4. The van der Waals surface area contributed by atoms with Gasteiger partial charge in [0.1, 0.15) is 6.61 Å². The van der Waals surface area contributed by atoms with Crippen LogP contribution in [0.15, 0.2) is 55.1 Å². The Bertz CT molecular complexity index is 850. The molecule has 0 spiro atoms. The van der Waals surface area contributed by atoms with Crippen molar-refractivity contribution in [3.63, 3.8) is 0 Å². The highest BCUT2D eigenvalue weighted by Crippen LogP contribution is 2.26. The minimum absolute atomic E-state index is 0.190. The quantitative estimate of drug-likeness (QED) is 0.429. The van der Waals surface area contributed by atoms with Crippen molar-refractivity contribution in [3.05, 3.63) is 66.2 Å². The Hall–Kier alpha value is -3.23. The molecular weight excluding hydrogens is 338 g/mol. The van der Waals surface area contributed by atoms with Crippen LogP contribution in [0.1, 0.15) is 22.3 Å². The molecule has 0 radical (unpaired) electrons. The summed E-state index contributed by atoms with van der Waals surface area (Å²) in [5.41, 5.74) is 4.40. The first-order valence-corrected chi connectivity index (χ1v) is 8.82. The number of hydrogen-bond donors (Lipinski definition) is 4. The van der Waals surface area contributed by atoms with Gasteiger partial charge in [0.25, 0.3) is 5.91 Å². The Balaban J connectivity index is 2.17. The number of carbonyl (C=O) groups is 1. The summed E-state index contributed by atoms with van der Waals surface area (Å²) in [6, 6.07) is 13.4. The average Bonchev–Trinajstić information content (AvgIpc) is 2.70. The standard InChI is InChI=1S/C22H25N3O2/c1-3-4-9-17-12-13-18(16-21(17)23-2)25-20-11-6-5-10-19(20)22(27)24-14-7-8-15-26/h3,5-6,10-13,16,23,25-26H,1,4,9,14-15H2,2H3,(H,24,27). The Labute approximate surface area is 160 Å². The summed E-state index contributed by atoms with van der Waals surface area (Å²) >= 11 is 0. The van der Waals surface area contributed by atoms with Gasteiger partial charge in [-0.15, -0.1) is 6.58 Å². The Kier molecular flexibility index (Phi) is 7.95. The van der Waals surface area contributed by atoms with Crippen LogP contribution in [0, 0.1) is 11.8 Å². The second-order valence-electron chi connectivity index (χ2n) is 5.81. The number of nitrogens with one attached hydrogen (secondary N) is 3. The van der Waals surface area contributed by atoms with Gasteiger partial charge < -0.3 is 21.1 Å². The van der Waals surface area contributed by atoms with Crippen molar-refractivity contribution in [2.24, 2.45) is 0 Å². The van der Waals surface area contributed by atoms with Crippen LogP contribution in [0.3, 0.4) is 0 Å².